The molecule has 0 heterocycles. The molecule has 0 saturated heterocycles. The Morgan fingerprint density at radius 3 is 2.11 bits per heavy atom. The summed E-state index contributed by atoms with van der Waals surface area (Å²) in [6.45, 7) is 4.39. The average molecular weight is 267 g/mol. The maximum absolute atomic E-state index is 6.20. The minimum Gasteiger partial charge on any atom is -0.329 e. The molecule has 0 spiro atoms. The summed E-state index contributed by atoms with van der Waals surface area (Å²) < 4.78 is 0. The van der Waals surface area contributed by atoms with Gasteiger partial charge in [0.2, 0.25) is 0 Å². The molecule has 2 atom stereocenters. The van der Waals surface area contributed by atoms with Crippen molar-refractivity contribution < 1.29 is 0 Å². The van der Waals surface area contributed by atoms with Gasteiger partial charge in [-0.15, -0.1) is 0 Å². The molecule has 2 saturated carbocycles. The lowest BCUT2D eigenvalue weighted by molar-refractivity contribution is -0.0248. The first-order valence-corrected chi connectivity index (χ1v) is 8.03. The minimum atomic E-state index is 0.260. The Morgan fingerprint density at radius 2 is 1.68 bits per heavy atom. The van der Waals surface area contributed by atoms with E-state index in [0.717, 1.165) is 12.5 Å². The predicted molar refractivity (Wildman–Crippen MR) is 82.3 cm³/mol. The van der Waals surface area contributed by atoms with Crippen LogP contribution in [0.15, 0.2) is 0 Å². The van der Waals surface area contributed by atoms with Crippen molar-refractivity contribution in [2.45, 2.75) is 62.9 Å². The molecule has 0 amide bonds. The summed E-state index contributed by atoms with van der Waals surface area (Å²) in [5.41, 5.74) is 6.88. The van der Waals surface area contributed by atoms with Gasteiger partial charge in [-0.2, -0.15) is 0 Å². The lowest BCUT2D eigenvalue weighted by Gasteiger charge is -2.54. The summed E-state index contributed by atoms with van der Waals surface area (Å²) in [7, 11) is 6.80. The van der Waals surface area contributed by atoms with E-state index in [-0.39, 0.29) is 5.54 Å². The van der Waals surface area contributed by atoms with Gasteiger partial charge < -0.3 is 10.6 Å². The summed E-state index contributed by atoms with van der Waals surface area (Å²) >= 11 is 0. The SMILES string of the molecule is CC1CCCC(CN)(N(C)CC2(N(C)C)CCC2)C1. The van der Waals surface area contributed by atoms with Gasteiger partial charge in [-0.1, -0.05) is 19.8 Å². The lowest BCUT2D eigenvalue weighted by Crippen LogP contribution is -2.63. The van der Waals surface area contributed by atoms with Crippen molar-refractivity contribution in [2.24, 2.45) is 11.7 Å². The van der Waals surface area contributed by atoms with Crippen molar-refractivity contribution in [1.29, 1.82) is 0 Å². The van der Waals surface area contributed by atoms with Crippen molar-refractivity contribution in [1.82, 2.24) is 9.80 Å². The fraction of sp³-hybridized carbons (Fsp3) is 1.00. The topological polar surface area (TPSA) is 32.5 Å². The first-order chi connectivity index (χ1) is 8.94. The quantitative estimate of drug-likeness (QED) is 0.829. The molecule has 2 aliphatic carbocycles. The van der Waals surface area contributed by atoms with E-state index < -0.39 is 0 Å². The molecule has 2 N–H and O–H groups in total. The van der Waals surface area contributed by atoms with E-state index in [1.165, 1.54) is 51.5 Å². The highest BCUT2D eigenvalue weighted by Gasteiger charge is 2.45. The first kappa shape index (κ1) is 15.3. The van der Waals surface area contributed by atoms with Crippen LogP contribution in [0.25, 0.3) is 0 Å². The third-order valence-electron chi connectivity index (χ3n) is 6.02. The number of nitrogens with two attached hydrogens (primary N) is 1. The van der Waals surface area contributed by atoms with E-state index in [1.54, 1.807) is 0 Å². The van der Waals surface area contributed by atoms with Gasteiger partial charge in [0.1, 0.15) is 0 Å². The van der Waals surface area contributed by atoms with E-state index in [0.29, 0.717) is 5.54 Å². The van der Waals surface area contributed by atoms with Gasteiger partial charge in [-0.25, -0.2) is 0 Å². The smallest absolute Gasteiger partial charge is 0.0332 e. The van der Waals surface area contributed by atoms with E-state index in [9.17, 15) is 0 Å². The summed E-state index contributed by atoms with van der Waals surface area (Å²) in [5.74, 6) is 0.830. The van der Waals surface area contributed by atoms with Crippen LogP contribution >= 0.6 is 0 Å². The van der Waals surface area contributed by atoms with Gasteiger partial charge in [0.15, 0.2) is 0 Å². The summed E-state index contributed by atoms with van der Waals surface area (Å²) in [6, 6.07) is 0. The Bertz CT molecular complexity index is 298. The molecule has 3 heteroatoms. The summed E-state index contributed by atoms with van der Waals surface area (Å²) in [6.07, 6.45) is 9.38. The zero-order chi connectivity index (χ0) is 14.1. The number of nitrogens with zero attached hydrogens (tertiary/aromatic N) is 2. The highest BCUT2D eigenvalue weighted by atomic mass is 15.3. The molecule has 2 unspecified atom stereocenters. The van der Waals surface area contributed by atoms with Crippen LogP contribution < -0.4 is 5.73 Å². The molecule has 112 valence electrons. The van der Waals surface area contributed by atoms with Gasteiger partial charge >= 0.3 is 0 Å². The van der Waals surface area contributed by atoms with Crippen LogP contribution in [0.5, 0.6) is 0 Å². The Balaban J connectivity index is 2.06. The fourth-order valence-corrected chi connectivity index (χ4v) is 4.26. The molecule has 0 aromatic heterocycles. The van der Waals surface area contributed by atoms with Crippen molar-refractivity contribution >= 4 is 0 Å². The standard InChI is InChI=1S/C16H33N3/c1-14-7-5-8-16(11-14,12-17)19(4)13-15(18(2)3)9-6-10-15/h14H,5-13,17H2,1-4H3. The van der Waals surface area contributed by atoms with E-state index in [4.69, 9.17) is 5.73 Å². The Labute approximate surface area is 119 Å². The third-order valence-corrected chi connectivity index (χ3v) is 6.02. The minimum absolute atomic E-state index is 0.260. The molecule has 2 aliphatic rings. The summed E-state index contributed by atoms with van der Waals surface area (Å²) in [5, 5.41) is 0. The van der Waals surface area contributed by atoms with Gasteiger partial charge in [-0.05, 0) is 59.2 Å². The van der Waals surface area contributed by atoms with Crippen molar-refractivity contribution in [3.63, 3.8) is 0 Å². The fourth-order valence-electron chi connectivity index (χ4n) is 4.26. The number of rotatable bonds is 5. The Morgan fingerprint density at radius 1 is 1.05 bits per heavy atom. The van der Waals surface area contributed by atoms with Crippen LogP contribution in [0, 0.1) is 5.92 Å². The lowest BCUT2D eigenvalue weighted by atomic mass is 9.71. The maximum atomic E-state index is 6.20. The largest absolute Gasteiger partial charge is 0.329 e. The number of hydrogen-bond donors (Lipinski definition) is 1. The first-order valence-electron chi connectivity index (χ1n) is 8.03. The molecular formula is C16H33N3. The van der Waals surface area contributed by atoms with Gasteiger partial charge in [0.25, 0.3) is 0 Å². The Hall–Kier alpha value is -0.120. The van der Waals surface area contributed by atoms with Crippen LogP contribution in [0.4, 0.5) is 0 Å². The monoisotopic (exact) mass is 267 g/mol. The van der Waals surface area contributed by atoms with Crippen LogP contribution in [-0.2, 0) is 0 Å². The molecule has 0 radical (unpaired) electrons. The van der Waals surface area contributed by atoms with Gasteiger partial charge in [0, 0.05) is 24.2 Å². The normalized spacial score (nSPS) is 34.6. The molecule has 2 fully saturated rings. The molecule has 19 heavy (non-hydrogen) atoms. The highest BCUT2D eigenvalue weighted by molar-refractivity contribution is 5.03. The van der Waals surface area contributed by atoms with Crippen LogP contribution in [0.3, 0.4) is 0 Å². The van der Waals surface area contributed by atoms with Crippen LogP contribution in [0.1, 0.15) is 51.9 Å². The van der Waals surface area contributed by atoms with Crippen molar-refractivity contribution in [3.8, 4) is 0 Å². The highest BCUT2D eigenvalue weighted by Crippen LogP contribution is 2.41. The molecule has 0 aliphatic heterocycles. The van der Waals surface area contributed by atoms with Crippen molar-refractivity contribution in [3.05, 3.63) is 0 Å². The van der Waals surface area contributed by atoms with E-state index in [1.807, 2.05) is 0 Å². The molecule has 0 aromatic carbocycles. The number of likely N-dealkylation sites (N-methyl/N-ethyl adjacent to an activating group) is 2. The summed E-state index contributed by atoms with van der Waals surface area (Å²) in [4.78, 5) is 5.06. The van der Waals surface area contributed by atoms with Gasteiger partial charge in [0.05, 0.1) is 0 Å². The zero-order valence-corrected chi connectivity index (χ0v) is 13.4. The molecule has 3 nitrogen and oxygen atoms in total. The molecule has 0 aromatic rings. The molecule has 2 rings (SSSR count). The van der Waals surface area contributed by atoms with E-state index >= 15 is 0 Å². The predicted octanol–water partition coefficient (Wildman–Crippen LogP) is 2.31. The number of hydrogen-bond acceptors (Lipinski definition) is 3. The second kappa shape index (κ2) is 5.71. The van der Waals surface area contributed by atoms with Crippen molar-refractivity contribution in [2.75, 3.05) is 34.2 Å². The second-order valence-electron chi connectivity index (χ2n) is 7.46. The molecular weight excluding hydrogens is 234 g/mol. The average Bonchev–Trinajstić information content (AvgIpc) is 2.32. The third kappa shape index (κ3) is 2.84. The van der Waals surface area contributed by atoms with Crippen LogP contribution in [-0.4, -0.2) is 55.1 Å². The van der Waals surface area contributed by atoms with E-state index in [2.05, 4.69) is 37.9 Å². The van der Waals surface area contributed by atoms with Gasteiger partial charge in [-0.3, -0.25) is 4.90 Å². The van der Waals surface area contributed by atoms with Crippen LogP contribution in [0.2, 0.25) is 0 Å². The zero-order valence-electron chi connectivity index (χ0n) is 13.4. The second-order valence-corrected chi connectivity index (χ2v) is 7.46. The maximum Gasteiger partial charge on any atom is 0.0332 e. The molecule has 0 bridgehead atoms. The Kier molecular flexibility index (Phi) is 4.59.